The normalized spacial score (nSPS) is 12.3. The number of anilines is 1. The SMILES string of the molecule is COc1cc(C)c([C@@H](C)NC(=O)c2cc(NS(=O)(=O)c3ccccc3)ccc2Cl)cc1C(C)C. The van der Waals surface area contributed by atoms with Crippen LogP contribution in [0.1, 0.15) is 59.8 Å². The highest BCUT2D eigenvalue weighted by molar-refractivity contribution is 7.92. The smallest absolute Gasteiger partial charge is 0.261 e. The van der Waals surface area contributed by atoms with Crippen LogP contribution in [0.4, 0.5) is 5.69 Å². The zero-order chi connectivity index (χ0) is 25.0. The number of aryl methyl sites for hydroxylation is 1. The van der Waals surface area contributed by atoms with Gasteiger partial charge < -0.3 is 10.1 Å². The summed E-state index contributed by atoms with van der Waals surface area (Å²) in [7, 11) is -2.15. The lowest BCUT2D eigenvalue weighted by molar-refractivity contribution is 0.0940. The maximum absolute atomic E-state index is 13.1. The van der Waals surface area contributed by atoms with E-state index in [9.17, 15) is 13.2 Å². The molecule has 0 unspecified atom stereocenters. The molecule has 180 valence electrons. The van der Waals surface area contributed by atoms with Gasteiger partial charge in [0.2, 0.25) is 0 Å². The second kappa shape index (κ2) is 10.5. The number of amides is 1. The van der Waals surface area contributed by atoms with Gasteiger partial charge in [0.25, 0.3) is 15.9 Å². The number of methoxy groups -OCH3 is 1. The first-order valence-electron chi connectivity index (χ1n) is 10.9. The Bertz CT molecular complexity index is 1290. The van der Waals surface area contributed by atoms with Crippen LogP contribution in [0.15, 0.2) is 65.6 Å². The predicted octanol–water partition coefficient (Wildman–Crippen LogP) is 6.07. The van der Waals surface area contributed by atoms with Crippen molar-refractivity contribution in [3.63, 3.8) is 0 Å². The van der Waals surface area contributed by atoms with Gasteiger partial charge in [-0.1, -0.05) is 43.6 Å². The Labute approximate surface area is 206 Å². The van der Waals surface area contributed by atoms with E-state index in [1.54, 1.807) is 25.3 Å². The van der Waals surface area contributed by atoms with Crippen LogP contribution in [0.5, 0.6) is 5.75 Å². The molecule has 34 heavy (non-hydrogen) atoms. The lowest BCUT2D eigenvalue weighted by atomic mass is 9.93. The van der Waals surface area contributed by atoms with Crippen molar-refractivity contribution in [1.82, 2.24) is 5.32 Å². The first-order valence-corrected chi connectivity index (χ1v) is 12.8. The molecule has 0 radical (unpaired) electrons. The Balaban J connectivity index is 1.85. The summed E-state index contributed by atoms with van der Waals surface area (Å²) >= 11 is 6.29. The van der Waals surface area contributed by atoms with Crippen LogP contribution in [0, 0.1) is 6.92 Å². The summed E-state index contributed by atoms with van der Waals surface area (Å²) in [5.41, 5.74) is 3.43. The fourth-order valence-electron chi connectivity index (χ4n) is 3.74. The average Bonchev–Trinajstić information content (AvgIpc) is 2.80. The van der Waals surface area contributed by atoms with Gasteiger partial charge in [-0.2, -0.15) is 0 Å². The molecule has 1 atom stereocenters. The Morgan fingerprint density at radius 2 is 1.65 bits per heavy atom. The third kappa shape index (κ3) is 5.72. The Morgan fingerprint density at radius 1 is 0.971 bits per heavy atom. The molecule has 0 spiro atoms. The molecule has 0 aliphatic carbocycles. The maximum atomic E-state index is 13.1. The summed E-state index contributed by atoms with van der Waals surface area (Å²) in [5, 5.41) is 3.20. The Hall–Kier alpha value is -3.03. The Kier molecular flexibility index (Phi) is 7.89. The van der Waals surface area contributed by atoms with Crippen LogP contribution in [-0.4, -0.2) is 21.4 Å². The van der Waals surface area contributed by atoms with Crippen LogP contribution >= 0.6 is 11.6 Å². The number of carbonyl (C=O) groups excluding carboxylic acids is 1. The average molecular weight is 501 g/mol. The molecule has 0 fully saturated rings. The zero-order valence-electron chi connectivity index (χ0n) is 19.8. The summed E-state index contributed by atoms with van der Waals surface area (Å²) in [4.78, 5) is 13.2. The molecule has 2 N–H and O–H groups in total. The first-order chi connectivity index (χ1) is 16.0. The predicted molar refractivity (Wildman–Crippen MR) is 136 cm³/mol. The monoisotopic (exact) mass is 500 g/mol. The molecule has 0 saturated carbocycles. The van der Waals surface area contributed by atoms with Gasteiger partial charge in [-0.25, -0.2) is 8.42 Å². The zero-order valence-corrected chi connectivity index (χ0v) is 21.4. The largest absolute Gasteiger partial charge is 0.496 e. The van der Waals surface area contributed by atoms with E-state index in [1.165, 1.54) is 30.3 Å². The number of rotatable bonds is 8. The summed E-state index contributed by atoms with van der Waals surface area (Å²) in [5.74, 6) is 0.664. The van der Waals surface area contributed by atoms with E-state index < -0.39 is 15.9 Å². The van der Waals surface area contributed by atoms with E-state index >= 15 is 0 Å². The highest BCUT2D eigenvalue weighted by atomic mass is 35.5. The van der Waals surface area contributed by atoms with Crippen molar-refractivity contribution in [3.8, 4) is 5.75 Å². The third-order valence-electron chi connectivity index (χ3n) is 5.57. The summed E-state index contributed by atoms with van der Waals surface area (Å²) < 4.78 is 33.3. The molecule has 0 aliphatic heterocycles. The quantitative estimate of drug-likeness (QED) is 0.393. The lowest BCUT2D eigenvalue weighted by Crippen LogP contribution is -2.27. The van der Waals surface area contributed by atoms with Crippen LogP contribution in [-0.2, 0) is 10.0 Å². The fraction of sp³-hybridized carbons (Fsp3) is 0.269. The van der Waals surface area contributed by atoms with Gasteiger partial charge in [-0.3, -0.25) is 9.52 Å². The van der Waals surface area contributed by atoms with E-state index in [0.717, 1.165) is 22.4 Å². The number of halogens is 1. The van der Waals surface area contributed by atoms with Gasteiger partial charge in [-0.15, -0.1) is 0 Å². The second-order valence-electron chi connectivity index (χ2n) is 8.41. The molecular weight excluding hydrogens is 472 g/mol. The Morgan fingerprint density at radius 3 is 2.26 bits per heavy atom. The highest BCUT2D eigenvalue weighted by Gasteiger charge is 2.20. The number of ether oxygens (including phenoxy) is 1. The number of nitrogens with one attached hydrogen (secondary N) is 2. The minimum atomic E-state index is -3.80. The number of sulfonamides is 1. The van der Waals surface area contributed by atoms with Crippen molar-refractivity contribution in [2.24, 2.45) is 0 Å². The third-order valence-corrected chi connectivity index (χ3v) is 7.30. The van der Waals surface area contributed by atoms with Crippen molar-refractivity contribution in [2.75, 3.05) is 11.8 Å². The van der Waals surface area contributed by atoms with E-state index in [0.29, 0.717) is 0 Å². The minimum absolute atomic E-state index is 0.125. The molecule has 0 aliphatic rings. The molecule has 0 heterocycles. The maximum Gasteiger partial charge on any atom is 0.261 e. The van der Waals surface area contributed by atoms with Crippen LogP contribution < -0.4 is 14.8 Å². The number of benzene rings is 3. The first kappa shape index (κ1) is 25.6. The number of carbonyl (C=O) groups is 1. The second-order valence-corrected chi connectivity index (χ2v) is 10.5. The summed E-state index contributed by atoms with van der Waals surface area (Å²) in [6, 6.07) is 16.2. The van der Waals surface area contributed by atoms with E-state index in [4.69, 9.17) is 16.3 Å². The van der Waals surface area contributed by atoms with Gasteiger partial charge in [0.05, 0.1) is 28.6 Å². The fourth-order valence-corrected chi connectivity index (χ4v) is 5.01. The van der Waals surface area contributed by atoms with E-state index in [2.05, 4.69) is 30.0 Å². The summed E-state index contributed by atoms with van der Waals surface area (Å²) in [6.45, 7) is 8.03. The molecule has 0 saturated heterocycles. The number of hydrogen-bond acceptors (Lipinski definition) is 4. The molecule has 6 nitrogen and oxygen atoms in total. The standard InChI is InChI=1S/C26H29ClN2O4S/c1-16(2)21-15-22(17(3)13-25(21)33-5)18(4)28-26(30)23-14-19(11-12-24(23)27)29-34(31,32)20-9-7-6-8-10-20/h6-16,18,29H,1-5H3,(H,28,30)/t18-/m1/s1. The van der Waals surface area contributed by atoms with Gasteiger partial charge in [0.15, 0.2) is 0 Å². The lowest BCUT2D eigenvalue weighted by Gasteiger charge is -2.21. The van der Waals surface area contributed by atoms with Crippen molar-refractivity contribution >= 4 is 33.2 Å². The van der Waals surface area contributed by atoms with Crippen molar-refractivity contribution in [2.45, 2.75) is 44.6 Å². The van der Waals surface area contributed by atoms with Crippen molar-refractivity contribution < 1.29 is 17.9 Å². The van der Waals surface area contributed by atoms with Gasteiger partial charge in [-0.05, 0) is 78.9 Å². The molecule has 3 aromatic rings. The van der Waals surface area contributed by atoms with E-state index in [1.807, 2.05) is 19.9 Å². The molecule has 3 rings (SSSR count). The highest BCUT2D eigenvalue weighted by Crippen LogP contribution is 2.32. The molecule has 3 aromatic carbocycles. The molecule has 0 bridgehead atoms. The van der Waals surface area contributed by atoms with Crippen molar-refractivity contribution in [3.05, 3.63) is 87.9 Å². The van der Waals surface area contributed by atoms with Crippen LogP contribution in [0.2, 0.25) is 5.02 Å². The van der Waals surface area contributed by atoms with Crippen molar-refractivity contribution in [1.29, 1.82) is 0 Å². The molecule has 8 heteroatoms. The van der Waals surface area contributed by atoms with Gasteiger partial charge >= 0.3 is 0 Å². The van der Waals surface area contributed by atoms with Crippen LogP contribution in [0.3, 0.4) is 0 Å². The van der Waals surface area contributed by atoms with Gasteiger partial charge in [0.1, 0.15) is 5.75 Å². The number of hydrogen-bond donors (Lipinski definition) is 2. The minimum Gasteiger partial charge on any atom is -0.496 e. The van der Waals surface area contributed by atoms with E-state index in [-0.39, 0.29) is 33.1 Å². The molecule has 0 aromatic heterocycles. The van der Waals surface area contributed by atoms with Gasteiger partial charge in [0, 0.05) is 5.69 Å². The van der Waals surface area contributed by atoms with Crippen LogP contribution in [0.25, 0.3) is 0 Å². The molecular formula is C26H29ClN2O4S. The molecule has 1 amide bonds. The summed E-state index contributed by atoms with van der Waals surface area (Å²) in [6.07, 6.45) is 0. The topological polar surface area (TPSA) is 84.5 Å².